The van der Waals surface area contributed by atoms with Crippen molar-refractivity contribution in [3.05, 3.63) is 17.6 Å². The molecule has 2 heterocycles. The van der Waals surface area contributed by atoms with Crippen molar-refractivity contribution in [1.29, 1.82) is 0 Å². The molecule has 0 spiro atoms. The largest absolute Gasteiger partial charge is 0.356 e. The molecule has 0 atom stereocenters. The van der Waals surface area contributed by atoms with Gasteiger partial charge in [0, 0.05) is 30.9 Å². The second-order valence-electron chi connectivity index (χ2n) is 6.03. The molecule has 2 aliphatic rings. The minimum atomic E-state index is 0.709. The van der Waals surface area contributed by atoms with Crippen LogP contribution in [0.4, 0.5) is 5.82 Å². The van der Waals surface area contributed by atoms with Crippen LogP contribution in [0.5, 0.6) is 0 Å². The lowest BCUT2D eigenvalue weighted by atomic mass is 10.0. The average Bonchev–Trinajstić information content (AvgIpc) is 3.20. The Morgan fingerprint density at radius 3 is 2.53 bits per heavy atom. The quantitative estimate of drug-likeness (QED) is 0.899. The minimum absolute atomic E-state index is 0.709. The van der Waals surface area contributed by atoms with Gasteiger partial charge in [0.05, 0.1) is 0 Å². The van der Waals surface area contributed by atoms with Crippen LogP contribution in [0.25, 0.3) is 0 Å². The Kier molecular flexibility index (Phi) is 3.69. The van der Waals surface area contributed by atoms with Crippen LogP contribution in [0.2, 0.25) is 0 Å². The first kappa shape index (κ1) is 12.9. The molecule has 1 saturated heterocycles. The van der Waals surface area contributed by atoms with Crippen molar-refractivity contribution >= 4 is 5.82 Å². The Morgan fingerprint density at radius 1 is 1.16 bits per heavy atom. The van der Waals surface area contributed by atoms with Gasteiger partial charge in [0.2, 0.25) is 0 Å². The lowest BCUT2D eigenvalue weighted by Crippen LogP contribution is -2.43. The molecule has 0 bridgehead atoms. The second-order valence-corrected chi connectivity index (χ2v) is 6.03. The van der Waals surface area contributed by atoms with Crippen LogP contribution in [0, 0.1) is 19.8 Å². The minimum Gasteiger partial charge on any atom is -0.356 e. The van der Waals surface area contributed by atoms with Crippen LogP contribution in [0.15, 0.2) is 6.07 Å². The molecule has 0 aromatic carbocycles. The predicted octanol–water partition coefficient (Wildman–Crippen LogP) is 2.06. The first-order valence-electron chi connectivity index (χ1n) is 7.51. The molecule has 1 aromatic rings. The van der Waals surface area contributed by atoms with Crippen molar-refractivity contribution in [3.8, 4) is 0 Å². The Bertz CT molecular complexity index is 414. The van der Waals surface area contributed by atoms with Gasteiger partial charge in [0.1, 0.15) is 11.6 Å². The second kappa shape index (κ2) is 5.45. The Labute approximate surface area is 115 Å². The number of rotatable bonds is 4. The first-order chi connectivity index (χ1) is 9.20. The Hall–Kier alpha value is -1.16. The van der Waals surface area contributed by atoms with Gasteiger partial charge in [-0.15, -0.1) is 0 Å². The lowest BCUT2D eigenvalue weighted by Gasteiger charge is -2.33. The molecular formula is C15H24N4. The van der Waals surface area contributed by atoms with E-state index in [1.54, 1.807) is 0 Å². The number of nitrogens with zero attached hydrogens (tertiary/aromatic N) is 3. The van der Waals surface area contributed by atoms with Crippen molar-refractivity contribution in [2.24, 2.45) is 5.92 Å². The number of anilines is 1. The molecule has 104 valence electrons. The summed E-state index contributed by atoms with van der Waals surface area (Å²) in [4.78, 5) is 11.3. The van der Waals surface area contributed by atoms with Crippen LogP contribution in [0.1, 0.15) is 37.2 Å². The van der Waals surface area contributed by atoms with E-state index < -0.39 is 0 Å². The summed E-state index contributed by atoms with van der Waals surface area (Å²) >= 11 is 0. The van der Waals surface area contributed by atoms with E-state index in [2.05, 4.69) is 26.3 Å². The normalized spacial score (nSPS) is 20.8. The van der Waals surface area contributed by atoms with Crippen LogP contribution in [0.3, 0.4) is 0 Å². The molecule has 4 nitrogen and oxygen atoms in total. The summed E-state index contributed by atoms with van der Waals surface area (Å²) in [7, 11) is 0. The van der Waals surface area contributed by atoms with Gasteiger partial charge >= 0.3 is 0 Å². The molecule has 1 aromatic heterocycles. The molecule has 1 N–H and O–H groups in total. The highest BCUT2D eigenvalue weighted by Crippen LogP contribution is 2.28. The van der Waals surface area contributed by atoms with Crippen molar-refractivity contribution in [2.45, 2.75) is 45.6 Å². The molecule has 0 amide bonds. The zero-order chi connectivity index (χ0) is 13.2. The average molecular weight is 260 g/mol. The van der Waals surface area contributed by atoms with Crippen molar-refractivity contribution in [1.82, 2.24) is 15.3 Å². The lowest BCUT2D eigenvalue weighted by molar-refractivity contribution is 0.407. The third-order valence-corrected chi connectivity index (χ3v) is 4.16. The summed E-state index contributed by atoms with van der Waals surface area (Å²) < 4.78 is 0. The number of aryl methyl sites for hydroxylation is 2. The number of piperidine rings is 1. The molecular weight excluding hydrogens is 236 g/mol. The van der Waals surface area contributed by atoms with E-state index in [0.717, 1.165) is 36.3 Å². The number of hydrogen-bond donors (Lipinski definition) is 1. The molecule has 2 fully saturated rings. The summed E-state index contributed by atoms with van der Waals surface area (Å²) in [5.74, 6) is 2.96. The van der Waals surface area contributed by atoms with Crippen LogP contribution < -0.4 is 10.2 Å². The van der Waals surface area contributed by atoms with E-state index in [-0.39, 0.29) is 0 Å². The maximum Gasteiger partial charge on any atom is 0.132 e. The molecule has 0 unspecified atom stereocenters. The maximum absolute atomic E-state index is 4.56. The summed E-state index contributed by atoms with van der Waals surface area (Å²) in [5.41, 5.74) is 1.07. The van der Waals surface area contributed by atoms with Gasteiger partial charge in [0.15, 0.2) is 0 Å². The first-order valence-corrected chi connectivity index (χ1v) is 7.51. The zero-order valence-corrected chi connectivity index (χ0v) is 12.0. The van der Waals surface area contributed by atoms with Gasteiger partial charge in [-0.25, -0.2) is 9.97 Å². The van der Waals surface area contributed by atoms with Gasteiger partial charge in [-0.2, -0.15) is 0 Å². The van der Waals surface area contributed by atoms with E-state index in [1.807, 2.05) is 13.8 Å². The van der Waals surface area contributed by atoms with Crippen LogP contribution >= 0.6 is 0 Å². The van der Waals surface area contributed by atoms with Gasteiger partial charge in [-0.3, -0.25) is 0 Å². The van der Waals surface area contributed by atoms with E-state index in [0.29, 0.717) is 6.04 Å². The van der Waals surface area contributed by atoms with Crippen molar-refractivity contribution < 1.29 is 0 Å². The summed E-state index contributed by atoms with van der Waals surface area (Å²) in [6, 6.07) is 2.81. The van der Waals surface area contributed by atoms with E-state index in [9.17, 15) is 0 Å². The highest BCUT2D eigenvalue weighted by atomic mass is 15.2. The highest BCUT2D eigenvalue weighted by molar-refractivity contribution is 5.40. The summed E-state index contributed by atoms with van der Waals surface area (Å²) in [6.07, 6.45) is 5.33. The topological polar surface area (TPSA) is 41.0 Å². The molecule has 1 aliphatic heterocycles. The fraction of sp³-hybridized carbons (Fsp3) is 0.733. The van der Waals surface area contributed by atoms with Crippen LogP contribution in [-0.2, 0) is 0 Å². The molecule has 19 heavy (non-hydrogen) atoms. The zero-order valence-electron chi connectivity index (χ0n) is 12.0. The predicted molar refractivity (Wildman–Crippen MR) is 77.5 cm³/mol. The molecule has 1 aliphatic carbocycles. The van der Waals surface area contributed by atoms with Gasteiger partial charge in [0.25, 0.3) is 0 Å². The SMILES string of the molecule is Cc1cc(N2CCC(NCC3CC3)CC2)nc(C)n1. The molecule has 4 heteroatoms. The van der Waals surface area contributed by atoms with Gasteiger partial charge in [-0.05, 0) is 52.0 Å². The van der Waals surface area contributed by atoms with Gasteiger partial charge in [-0.1, -0.05) is 0 Å². The molecule has 0 radical (unpaired) electrons. The maximum atomic E-state index is 4.56. The standard InChI is InChI=1S/C15H24N4/c1-11-9-15(18-12(2)17-11)19-7-5-14(6-8-19)16-10-13-3-4-13/h9,13-14,16H,3-8,10H2,1-2H3. The highest BCUT2D eigenvalue weighted by Gasteiger charge is 2.24. The van der Waals surface area contributed by atoms with Crippen molar-refractivity contribution in [2.75, 3.05) is 24.5 Å². The Balaban J connectivity index is 1.53. The number of hydrogen-bond acceptors (Lipinski definition) is 4. The fourth-order valence-electron chi connectivity index (χ4n) is 2.83. The van der Waals surface area contributed by atoms with Crippen LogP contribution in [-0.4, -0.2) is 35.6 Å². The van der Waals surface area contributed by atoms with E-state index >= 15 is 0 Å². The smallest absolute Gasteiger partial charge is 0.132 e. The molecule has 3 rings (SSSR count). The summed E-state index contributed by atoms with van der Waals surface area (Å²) in [6.45, 7) is 7.47. The number of aromatic nitrogens is 2. The third kappa shape index (κ3) is 3.44. The molecule has 1 saturated carbocycles. The third-order valence-electron chi connectivity index (χ3n) is 4.16. The fourth-order valence-corrected chi connectivity index (χ4v) is 2.83. The van der Waals surface area contributed by atoms with E-state index in [1.165, 1.54) is 32.2 Å². The van der Waals surface area contributed by atoms with E-state index in [4.69, 9.17) is 0 Å². The monoisotopic (exact) mass is 260 g/mol. The summed E-state index contributed by atoms with van der Waals surface area (Å²) in [5, 5.41) is 3.72. The Morgan fingerprint density at radius 2 is 1.89 bits per heavy atom. The van der Waals surface area contributed by atoms with Gasteiger partial charge < -0.3 is 10.2 Å². The van der Waals surface area contributed by atoms with Crippen molar-refractivity contribution in [3.63, 3.8) is 0 Å². The number of nitrogens with one attached hydrogen (secondary N) is 1.